The summed E-state index contributed by atoms with van der Waals surface area (Å²) in [5, 5.41) is 20.0. The van der Waals surface area contributed by atoms with Crippen LogP contribution in [0, 0.1) is 15.5 Å². The van der Waals surface area contributed by atoms with E-state index in [-0.39, 0.29) is 24.7 Å². The number of methoxy groups -OCH3 is 1. The fraction of sp³-hybridized carbons (Fsp3) is 0.462. The predicted octanol–water partition coefficient (Wildman–Crippen LogP) is 1.67. The van der Waals surface area contributed by atoms with Gasteiger partial charge in [-0.05, 0) is 31.5 Å². The molecule has 0 aromatic heterocycles. The number of hydrogen-bond donors (Lipinski definition) is 1. The number of carbonyl (C=O) groups excluding carboxylic acids is 1. The van der Waals surface area contributed by atoms with Crippen molar-refractivity contribution in [1.29, 1.82) is 0 Å². The van der Waals surface area contributed by atoms with Gasteiger partial charge in [-0.2, -0.15) is 0 Å². The number of nitro groups is 1. The number of nitro benzene ring substituents is 1. The molecule has 1 aromatic rings. The number of rotatable bonds is 6. The van der Waals surface area contributed by atoms with Gasteiger partial charge in [0.05, 0.1) is 24.1 Å². The molecule has 0 fully saturated rings. The monoisotopic (exact) mass is 283 g/mol. The fourth-order valence-electron chi connectivity index (χ4n) is 1.52. The van der Waals surface area contributed by atoms with E-state index in [2.05, 4.69) is 4.74 Å². The Hall–Kier alpha value is -2.15. The van der Waals surface area contributed by atoms with Gasteiger partial charge < -0.3 is 14.6 Å². The van der Waals surface area contributed by atoms with Gasteiger partial charge in [0.1, 0.15) is 6.61 Å². The maximum Gasteiger partial charge on any atom is 0.314 e. The van der Waals surface area contributed by atoms with Crippen LogP contribution in [-0.2, 0) is 16.1 Å². The smallest absolute Gasteiger partial charge is 0.314 e. The van der Waals surface area contributed by atoms with Crippen molar-refractivity contribution in [3.63, 3.8) is 0 Å². The highest BCUT2D eigenvalue weighted by Gasteiger charge is 2.30. The Labute approximate surface area is 116 Å². The third kappa shape index (κ3) is 3.67. The van der Waals surface area contributed by atoms with Gasteiger partial charge in [-0.1, -0.05) is 0 Å². The molecule has 0 bridgehead atoms. The first-order valence-electron chi connectivity index (χ1n) is 5.91. The molecule has 0 unspecified atom stereocenters. The number of benzene rings is 1. The van der Waals surface area contributed by atoms with Gasteiger partial charge in [-0.25, -0.2) is 0 Å². The first-order chi connectivity index (χ1) is 9.31. The Morgan fingerprint density at radius 3 is 2.60 bits per heavy atom. The van der Waals surface area contributed by atoms with E-state index in [0.29, 0.717) is 5.56 Å². The van der Waals surface area contributed by atoms with Crippen molar-refractivity contribution in [3.05, 3.63) is 33.9 Å². The largest absolute Gasteiger partial charge is 0.486 e. The summed E-state index contributed by atoms with van der Waals surface area (Å²) in [7, 11) is 1.26. The summed E-state index contributed by atoms with van der Waals surface area (Å²) in [4.78, 5) is 21.8. The van der Waals surface area contributed by atoms with E-state index in [9.17, 15) is 14.9 Å². The highest BCUT2D eigenvalue weighted by molar-refractivity contribution is 5.75. The van der Waals surface area contributed by atoms with Crippen LogP contribution in [0.15, 0.2) is 18.2 Å². The minimum atomic E-state index is -0.933. The van der Waals surface area contributed by atoms with E-state index in [0.717, 1.165) is 0 Å². The minimum absolute atomic E-state index is 0.0125. The van der Waals surface area contributed by atoms with Gasteiger partial charge in [0, 0.05) is 6.07 Å². The molecule has 0 saturated carbocycles. The SMILES string of the molecule is COC(=O)C(C)(C)COc1cc(CO)ccc1[N+](=O)[O-]. The molecule has 0 aliphatic carbocycles. The molecule has 1 rings (SSSR count). The maximum absolute atomic E-state index is 11.5. The zero-order valence-electron chi connectivity index (χ0n) is 11.6. The van der Waals surface area contributed by atoms with Crippen molar-refractivity contribution in [2.75, 3.05) is 13.7 Å². The van der Waals surface area contributed by atoms with E-state index in [1.54, 1.807) is 13.8 Å². The molecule has 20 heavy (non-hydrogen) atoms. The minimum Gasteiger partial charge on any atom is -0.486 e. The molecular formula is C13H17NO6. The van der Waals surface area contributed by atoms with Gasteiger partial charge in [-0.15, -0.1) is 0 Å². The van der Waals surface area contributed by atoms with Crippen molar-refractivity contribution in [2.24, 2.45) is 5.41 Å². The molecule has 1 N–H and O–H groups in total. The predicted molar refractivity (Wildman–Crippen MR) is 70.3 cm³/mol. The Morgan fingerprint density at radius 1 is 1.45 bits per heavy atom. The number of aliphatic hydroxyl groups excluding tert-OH is 1. The number of esters is 1. The zero-order chi connectivity index (χ0) is 15.3. The van der Waals surface area contributed by atoms with Gasteiger partial charge in [-0.3, -0.25) is 14.9 Å². The summed E-state index contributed by atoms with van der Waals surface area (Å²) in [6, 6.07) is 4.08. The third-order valence-corrected chi connectivity index (χ3v) is 2.73. The van der Waals surface area contributed by atoms with Crippen LogP contribution in [0.5, 0.6) is 5.75 Å². The lowest BCUT2D eigenvalue weighted by Crippen LogP contribution is -2.32. The summed E-state index contributed by atoms with van der Waals surface area (Å²) in [5.74, 6) is -0.461. The second kappa shape index (κ2) is 6.33. The molecule has 0 radical (unpaired) electrons. The molecular weight excluding hydrogens is 266 g/mol. The summed E-state index contributed by atoms with van der Waals surface area (Å²) in [5.41, 5.74) is -0.665. The first-order valence-corrected chi connectivity index (χ1v) is 5.91. The van der Waals surface area contributed by atoms with Gasteiger partial charge in [0.2, 0.25) is 0 Å². The lowest BCUT2D eigenvalue weighted by atomic mass is 9.95. The second-order valence-electron chi connectivity index (χ2n) is 4.88. The van der Waals surface area contributed by atoms with E-state index in [4.69, 9.17) is 9.84 Å². The van der Waals surface area contributed by atoms with Crippen LogP contribution in [0.25, 0.3) is 0 Å². The highest BCUT2D eigenvalue weighted by Crippen LogP contribution is 2.30. The Balaban J connectivity index is 2.96. The Kier molecular flexibility index (Phi) is 5.04. The average molecular weight is 283 g/mol. The molecule has 0 spiro atoms. The Morgan fingerprint density at radius 2 is 2.10 bits per heavy atom. The van der Waals surface area contributed by atoms with Crippen molar-refractivity contribution >= 4 is 11.7 Å². The standard InChI is InChI=1S/C13H17NO6/c1-13(2,12(16)19-3)8-20-11-6-9(7-15)4-5-10(11)14(17)18/h4-6,15H,7-8H2,1-3H3. The van der Waals surface area contributed by atoms with Crippen molar-refractivity contribution in [3.8, 4) is 5.75 Å². The number of nitrogens with zero attached hydrogens (tertiary/aromatic N) is 1. The van der Waals surface area contributed by atoms with E-state index in [1.165, 1.54) is 25.3 Å². The van der Waals surface area contributed by atoms with E-state index < -0.39 is 16.3 Å². The first kappa shape index (κ1) is 15.9. The molecule has 110 valence electrons. The van der Waals surface area contributed by atoms with Crippen LogP contribution in [0.1, 0.15) is 19.4 Å². The summed E-state index contributed by atoms with van der Waals surface area (Å²) < 4.78 is 10.0. The normalized spacial score (nSPS) is 11.0. The van der Waals surface area contributed by atoms with E-state index in [1.807, 2.05) is 0 Å². The van der Waals surface area contributed by atoms with Crippen LogP contribution >= 0.6 is 0 Å². The summed E-state index contributed by atoms with van der Waals surface area (Å²) in [6.07, 6.45) is 0. The average Bonchev–Trinajstić information content (AvgIpc) is 2.43. The third-order valence-electron chi connectivity index (χ3n) is 2.73. The van der Waals surface area contributed by atoms with Gasteiger partial charge >= 0.3 is 11.7 Å². The van der Waals surface area contributed by atoms with Gasteiger partial charge in [0.25, 0.3) is 0 Å². The summed E-state index contributed by atoms with van der Waals surface area (Å²) in [6.45, 7) is 2.89. The van der Waals surface area contributed by atoms with Crippen molar-refractivity contribution < 1.29 is 24.3 Å². The molecule has 1 aromatic carbocycles. The molecule has 7 nitrogen and oxygen atoms in total. The molecule has 7 heteroatoms. The van der Waals surface area contributed by atoms with Crippen molar-refractivity contribution in [1.82, 2.24) is 0 Å². The zero-order valence-corrected chi connectivity index (χ0v) is 11.6. The van der Waals surface area contributed by atoms with E-state index >= 15 is 0 Å². The second-order valence-corrected chi connectivity index (χ2v) is 4.88. The topological polar surface area (TPSA) is 98.9 Å². The summed E-state index contributed by atoms with van der Waals surface area (Å²) >= 11 is 0. The van der Waals surface area contributed by atoms with Crippen LogP contribution < -0.4 is 4.74 Å². The van der Waals surface area contributed by atoms with Crippen LogP contribution in [0.3, 0.4) is 0 Å². The molecule has 0 aliphatic heterocycles. The quantitative estimate of drug-likeness (QED) is 0.484. The van der Waals surface area contributed by atoms with Crippen LogP contribution in [0.4, 0.5) is 5.69 Å². The molecule has 0 saturated heterocycles. The lowest BCUT2D eigenvalue weighted by molar-refractivity contribution is -0.386. The molecule has 0 heterocycles. The molecule has 0 amide bonds. The number of hydrogen-bond acceptors (Lipinski definition) is 6. The number of aliphatic hydroxyl groups is 1. The molecule has 0 aliphatic rings. The van der Waals surface area contributed by atoms with Crippen LogP contribution in [0.2, 0.25) is 0 Å². The van der Waals surface area contributed by atoms with Gasteiger partial charge in [0.15, 0.2) is 5.75 Å². The maximum atomic E-state index is 11.5. The van der Waals surface area contributed by atoms with Crippen molar-refractivity contribution in [2.45, 2.75) is 20.5 Å². The number of ether oxygens (including phenoxy) is 2. The lowest BCUT2D eigenvalue weighted by Gasteiger charge is -2.21. The highest BCUT2D eigenvalue weighted by atomic mass is 16.6. The fourth-order valence-corrected chi connectivity index (χ4v) is 1.52. The van der Waals surface area contributed by atoms with Crippen LogP contribution in [-0.4, -0.2) is 29.7 Å². The molecule has 0 atom stereocenters. The Bertz CT molecular complexity index is 512. The number of carbonyl (C=O) groups is 1.